The molecule has 1 N–H and O–H groups in total. The highest BCUT2D eigenvalue weighted by Crippen LogP contribution is 2.34. The topological polar surface area (TPSA) is 66.5 Å². The van der Waals surface area contributed by atoms with Gasteiger partial charge >= 0.3 is 0 Å². The minimum Gasteiger partial charge on any atom is -0.311 e. The molecule has 1 aliphatic heterocycles. The molecule has 5 nitrogen and oxygen atoms in total. The average molecular weight is 338 g/mol. The number of benzene rings is 1. The van der Waals surface area contributed by atoms with Crippen molar-refractivity contribution in [2.45, 2.75) is 47.0 Å². The first-order valence-electron chi connectivity index (χ1n) is 8.09. The molecule has 1 amide bonds. The van der Waals surface area contributed by atoms with Crippen molar-refractivity contribution in [2.75, 3.05) is 21.9 Å². The van der Waals surface area contributed by atoms with Crippen molar-refractivity contribution >= 4 is 27.3 Å². The van der Waals surface area contributed by atoms with E-state index in [0.29, 0.717) is 18.7 Å². The van der Waals surface area contributed by atoms with Gasteiger partial charge in [-0.1, -0.05) is 40.2 Å². The predicted molar refractivity (Wildman–Crippen MR) is 94.3 cm³/mol. The maximum Gasteiger partial charge on any atom is 0.232 e. The molecule has 0 saturated carbocycles. The second-order valence-electron chi connectivity index (χ2n) is 7.07. The highest BCUT2D eigenvalue weighted by Gasteiger charge is 2.32. The predicted octanol–water partition coefficient (Wildman–Crippen LogP) is 3.16. The Labute approximate surface area is 139 Å². The summed E-state index contributed by atoms with van der Waals surface area (Å²) in [7, 11) is -3.33. The molecule has 0 aromatic heterocycles. The van der Waals surface area contributed by atoms with Crippen molar-refractivity contribution < 1.29 is 13.2 Å². The second kappa shape index (κ2) is 6.51. The summed E-state index contributed by atoms with van der Waals surface area (Å²) in [6.45, 7) is 8.29. The maximum absolute atomic E-state index is 12.6. The lowest BCUT2D eigenvalue weighted by atomic mass is 9.94. The van der Waals surface area contributed by atoms with Gasteiger partial charge in [0, 0.05) is 17.6 Å². The van der Waals surface area contributed by atoms with E-state index in [0.717, 1.165) is 24.1 Å². The van der Waals surface area contributed by atoms with Gasteiger partial charge in [-0.25, -0.2) is 8.42 Å². The largest absolute Gasteiger partial charge is 0.311 e. The molecule has 2 rings (SSSR count). The summed E-state index contributed by atoms with van der Waals surface area (Å²) < 4.78 is 26.7. The first-order valence-corrected chi connectivity index (χ1v) is 9.74. The van der Waals surface area contributed by atoms with Crippen LogP contribution in [-0.4, -0.2) is 26.6 Å². The zero-order valence-electron chi connectivity index (χ0n) is 14.3. The lowest BCUT2D eigenvalue weighted by Gasteiger charge is -2.26. The Kier molecular flexibility index (Phi) is 5.04. The van der Waals surface area contributed by atoms with Gasteiger partial charge in [-0.05, 0) is 30.5 Å². The molecule has 0 aliphatic carbocycles. The fraction of sp³-hybridized carbons (Fsp3) is 0.588. The van der Waals surface area contributed by atoms with E-state index >= 15 is 0 Å². The Bertz CT molecular complexity index is 690. The van der Waals surface area contributed by atoms with Crippen LogP contribution in [0.5, 0.6) is 0 Å². The number of unbranched alkanes of at least 4 members (excludes halogenated alkanes) is 1. The number of nitrogens with zero attached hydrogens (tertiary/aromatic N) is 1. The third-order valence-corrected chi connectivity index (χ3v) is 5.28. The summed E-state index contributed by atoms with van der Waals surface area (Å²) in [5.74, 6) is 0.174. The van der Waals surface area contributed by atoms with Crippen molar-refractivity contribution in [3.8, 4) is 0 Å². The van der Waals surface area contributed by atoms with Gasteiger partial charge in [0.15, 0.2) is 0 Å². The van der Waals surface area contributed by atoms with Crippen LogP contribution in [0.3, 0.4) is 0 Å². The van der Waals surface area contributed by atoms with Gasteiger partial charge in [0.05, 0.1) is 11.4 Å². The molecule has 0 radical (unpaired) electrons. The van der Waals surface area contributed by atoms with E-state index in [1.165, 1.54) is 0 Å². The SMILES string of the molecule is CCCCS(=O)(=O)Nc1ccc2c(c1)N(C(=O)C(C)(C)C)CC2. The van der Waals surface area contributed by atoms with Gasteiger partial charge in [-0.3, -0.25) is 9.52 Å². The van der Waals surface area contributed by atoms with Gasteiger partial charge in [0.1, 0.15) is 0 Å². The number of hydrogen-bond donors (Lipinski definition) is 1. The van der Waals surface area contributed by atoms with E-state index in [1.54, 1.807) is 17.0 Å². The molecule has 0 bridgehead atoms. The van der Waals surface area contributed by atoms with E-state index in [4.69, 9.17) is 0 Å². The number of carbonyl (C=O) groups excluding carboxylic acids is 1. The van der Waals surface area contributed by atoms with Crippen LogP contribution in [-0.2, 0) is 21.2 Å². The van der Waals surface area contributed by atoms with E-state index < -0.39 is 15.4 Å². The van der Waals surface area contributed by atoms with Crippen LogP contribution < -0.4 is 9.62 Å². The van der Waals surface area contributed by atoms with Crippen molar-refractivity contribution in [1.82, 2.24) is 0 Å². The van der Waals surface area contributed by atoms with Gasteiger partial charge in [0.2, 0.25) is 15.9 Å². The highest BCUT2D eigenvalue weighted by molar-refractivity contribution is 7.92. The first-order chi connectivity index (χ1) is 10.6. The fourth-order valence-corrected chi connectivity index (χ4v) is 3.88. The molecule has 128 valence electrons. The van der Waals surface area contributed by atoms with E-state index in [2.05, 4.69) is 4.72 Å². The Morgan fingerprint density at radius 2 is 2.00 bits per heavy atom. The minimum atomic E-state index is -3.33. The third kappa shape index (κ3) is 4.25. The van der Waals surface area contributed by atoms with E-state index in [9.17, 15) is 13.2 Å². The molecule has 0 unspecified atom stereocenters. The van der Waals surface area contributed by atoms with Gasteiger partial charge in [0.25, 0.3) is 0 Å². The molecule has 0 atom stereocenters. The van der Waals surface area contributed by atoms with E-state index in [-0.39, 0.29) is 11.7 Å². The average Bonchev–Trinajstić information content (AvgIpc) is 2.86. The summed E-state index contributed by atoms with van der Waals surface area (Å²) >= 11 is 0. The maximum atomic E-state index is 12.6. The Morgan fingerprint density at radius 3 is 2.61 bits per heavy atom. The summed E-state index contributed by atoms with van der Waals surface area (Å²) in [6.07, 6.45) is 2.27. The molecule has 23 heavy (non-hydrogen) atoms. The lowest BCUT2D eigenvalue weighted by Crippen LogP contribution is -2.38. The number of rotatable bonds is 5. The Morgan fingerprint density at radius 1 is 1.30 bits per heavy atom. The molecule has 1 heterocycles. The molecular weight excluding hydrogens is 312 g/mol. The quantitative estimate of drug-likeness (QED) is 0.897. The molecule has 1 aromatic rings. The molecular formula is C17H26N2O3S. The number of anilines is 2. The monoisotopic (exact) mass is 338 g/mol. The number of fused-ring (bicyclic) bond motifs is 1. The van der Waals surface area contributed by atoms with Crippen LogP contribution >= 0.6 is 0 Å². The summed E-state index contributed by atoms with van der Waals surface area (Å²) in [6, 6.07) is 5.45. The number of carbonyl (C=O) groups is 1. The fourth-order valence-electron chi connectivity index (χ4n) is 2.62. The molecule has 0 fully saturated rings. The van der Waals surface area contributed by atoms with Crippen molar-refractivity contribution in [1.29, 1.82) is 0 Å². The minimum absolute atomic E-state index is 0.0576. The summed E-state index contributed by atoms with van der Waals surface area (Å²) in [5, 5.41) is 0. The van der Waals surface area contributed by atoms with Gasteiger partial charge in [-0.15, -0.1) is 0 Å². The molecule has 6 heteroatoms. The smallest absolute Gasteiger partial charge is 0.232 e. The van der Waals surface area contributed by atoms with Crippen LogP contribution in [0, 0.1) is 5.41 Å². The summed E-state index contributed by atoms with van der Waals surface area (Å²) in [5.41, 5.74) is 1.96. The van der Waals surface area contributed by atoms with Crippen LogP contribution in [0.2, 0.25) is 0 Å². The first kappa shape index (κ1) is 17.8. The highest BCUT2D eigenvalue weighted by atomic mass is 32.2. The van der Waals surface area contributed by atoms with Crippen LogP contribution in [0.15, 0.2) is 18.2 Å². The summed E-state index contributed by atoms with van der Waals surface area (Å²) in [4.78, 5) is 14.3. The molecule has 0 saturated heterocycles. The van der Waals surface area contributed by atoms with Gasteiger partial charge < -0.3 is 4.90 Å². The molecule has 1 aromatic carbocycles. The second-order valence-corrected chi connectivity index (χ2v) is 8.92. The number of nitrogens with one attached hydrogen (secondary N) is 1. The number of sulfonamides is 1. The lowest BCUT2D eigenvalue weighted by molar-refractivity contribution is -0.125. The normalized spacial score (nSPS) is 14.7. The van der Waals surface area contributed by atoms with Crippen molar-refractivity contribution in [3.63, 3.8) is 0 Å². The Balaban J connectivity index is 2.24. The molecule has 0 spiro atoms. The number of amides is 1. The van der Waals surface area contributed by atoms with E-state index in [1.807, 2.05) is 33.8 Å². The van der Waals surface area contributed by atoms with Gasteiger partial charge in [-0.2, -0.15) is 0 Å². The zero-order valence-corrected chi connectivity index (χ0v) is 15.2. The van der Waals surface area contributed by atoms with Crippen molar-refractivity contribution in [3.05, 3.63) is 23.8 Å². The number of hydrogen-bond acceptors (Lipinski definition) is 3. The van der Waals surface area contributed by atoms with Crippen LogP contribution in [0.25, 0.3) is 0 Å². The van der Waals surface area contributed by atoms with Crippen molar-refractivity contribution in [2.24, 2.45) is 5.41 Å². The Hall–Kier alpha value is -1.56. The standard InChI is InChI=1S/C17H26N2O3S/c1-5-6-11-23(21,22)18-14-8-7-13-9-10-19(15(13)12-14)16(20)17(2,3)4/h7-8,12,18H,5-6,9-11H2,1-4H3. The zero-order chi connectivity index (χ0) is 17.3. The van der Waals surface area contributed by atoms with Crippen LogP contribution in [0.1, 0.15) is 46.1 Å². The van der Waals surface area contributed by atoms with Crippen LogP contribution in [0.4, 0.5) is 11.4 Å². The third-order valence-electron chi connectivity index (χ3n) is 3.91. The molecule has 1 aliphatic rings.